The van der Waals surface area contributed by atoms with Gasteiger partial charge in [-0.1, -0.05) is 72.8 Å². The predicted molar refractivity (Wildman–Crippen MR) is 110 cm³/mol. The van der Waals surface area contributed by atoms with E-state index < -0.39 is 0 Å². The van der Waals surface area contributed by atoms with E-state index in [1.165, 1.54) is 21.9 Å². The topological polar surface area (TPSA) is 52.6 Å². The van der Waals surface area contributed by atoms with Crippen LogP contribution in [0.25, 0.3) is 10.8 Å². The molecule has 0 radical (unpaired) electrons. The van der Waals surface area contributed by atoms with Crippen molar-refractivity contribution >= 4 is 16.8 Å². The van der Waals surface area contributed by atoms with Crippen LogP contribution in [0.1, 0.15) is 11.1 Å². The van der Waals surface area contributed by atoms with E-state index >= 15 is 0 Å². The van der Waals surface area contributed by atoms with Crippen molar-refractivity contribution in [2.45, 2.75) is 12.8 Å². The second-order valence-electron chi connectivity index (χ2n) is 6.57. The molecule has 4 heteroatoms. The molecule has 0 aliphatic heterocycles. The fourth-order valence-electron chi connectivity index (χ4n) is 3.27. The quantitative estimate of drug-likeness (QED) is 0.643. The Labute approximate surface area is 160 Å². The van der Waals surface area contributed by atoms with Crippen LogP contribution in [0.3, 0.4) is 0 Å². The van der Waals surface area contributed by atoms with Crippen LogP contribution in [0.4, 0.5) is 4.79 Å². The van der Waals surface area contributed by atoms with Crippen molar-refractivity contribution in [2.75, 3.05) is 26.2 Å². The number of aliphatic hydroxyl groups is 1. The van der Waals surface area contributed by atoms with E-state index in [2.05, 4.69) is 47.8 Å². The van der Waals surface area contributed by atoms with Crippen LogP contribution >= 0.6 is 0 Å². The average Bonchev–Trinajstić information content (AvgIpc) is 2.72. The molecule has 27 heavy (non-hydrogen) atoms. The third kappa shape index (κ3) is 5.31. The van der Waals surface area contributed by atoms with Crippen molar-refractivity contribution in [3.05, 3.63) is 83.9 Å². The Morgan fingerprint density at radius 2 is 1.59 bits per heavy atom. The molecular formula is C23H26N2O2. The Bertz CT molecular complexity index is 859. The zero-order valence-electron chi connectivity index (χ0n) is 15.5. The summed E-state index contributed by atoms with van der Waals surface area (Å²) >= 11 is 0. The normalized spacial score (nSPS) is 10.7. The molecule has 0 fully saturated rings. The predicted octanol–water partition coefficient (Wildman–Crippen LogP) is 3.63. The fourth-order valence-corrected chi connectivity index (χ4v) is 3.27. The van der Waals surface area contributed by atoms with E-state index in [1.807, 2.05) is 30.3 Å². The molecule has 0 aliphatic rings. The first-order chi connectivity index (χ1) is 13.3. The highest BCUT2D eigenvalue weighted by Gasteiger charge is 2.12. The number of aliphatic hydroxyl groups excluding tert-OH is 1. The van der Waals surface area contributed by atoms with Crippen molar-refractivity contribution < 1.29 is 9.90 Å². The summed E-state index contributed by atoms with van der Waals surface area (Å²) in [5.41, 5.74) is 2.41. The van der Waals surface area contributed by atoms with Crippen LogP contribution in [0, 0.1) is 0 Å². The number of rotatable bonds is 8. The molecule has 0 aliphatic carbocycles. The molecule has 0 atom stereocenters. The summed E-state index contributed by atoms with van der Waals surface area (Å²) in [6.45, 7) is 1.46. The highest BCUT2D eigenvalue weighted by Crippen LogP contribution is 2.18. The molecule has 3 rings (SSSR count). The summed E-state index contributed by atoms with van der Waals surface area (Å²) < 4.78 is 0. The van der Waals surface area contributed by atoms with E-state index in [1.54, 1.807) is 4.90 Å². The second kappa shape index (κ2) is 9.74. The number of fused-ring (bicyclic) bond motifs is 1. The molecular weight excluding hydrogens is 336 g/mol. The molecule has 4 nitrogen and oxygen atoms in total. The van der Waals surface area contributed by atoms with Gasteiger partial charge in [0.05, 0.1) is 6.61 Å². The molecule has 2 amide bonds. The number of urea groups is 1. The van der Waals surface area contributed by atoms with Crippen LogP contribution in [0.15, 0.2) is 72.8 Å². The SMILES string of the molecule is O=C(NCCc1cccc2ccccc12)N(CCO)CCc1ccccc1. The van der Waals surface area contributed by atoms with E-state index in [-0.39, 0.29) is 12.6 Å². The third-order valence-electron chi connectivity index (χ3n) is 4.72. The van der Waals surface area contributed by atoms with Crippen molar-refractivity contribution in [1.29, 1.82) is 0 Å². The molecule has 0 aromatic heterocycles. The van der Waals surface area contributed by atoms with Crippen LogP contribution < -0.4 is 5.32 Å². The largest absolute Gasteiger partial charge is 0.395 e. The zero-order chi connectivity index (χ0) is 18.9. The maximum absolute atomic E-state index is 12.5. The standard InChI is InChI=1S/C23H26N2O2/c26-18-17-25(16-14-19-7-2-1-3-8-19)23(27)24-15-13-21-11-6-10-20-9-4-5-12-22(20)21/h1-12,26H,13-18H2,(H,24,27). The Kier molecular flexibility index (Phi) is 6.83. The van der Waals surface area contributed by atoms with Gasteiger partial charge in [0.15, 0.2) is 0 Å². The summed E-state index contributed by atoms with van der Waals surface area (Å²) in [4.78, 5) is 14.2. The third-order valence-corrected chi connectivity index (χ3v) is 4.72. The molecule has 0 saturated heterocycles. The summed E-state index contributed by atoms with van der Waals surface area (Å²) in [5, 5.41) is 14.7. The molecule has 0 unspecified atom stereocenters. The van der Waals surface area contributed by atoms with Crippen LogP contribution in [0.2, 0.25) is 0 Å². The minimum atomic E-state index is -0.125. The maximum Gasteiger partial charge on any atom is 0.317 e. The monoisotopic (exact) mass is 362 g/mol. The van der Waals surface area contributed by atoms with Crippen LogP contribution in [-0.2, 0) is 12.8 Å². The van der Waals surface area contributed by atoms with Gasteiger partial charge in [0.2, 0.25) is 0 Å². The van der Waals surface area contributed by atoms with Gasteiger partial charge in [0.1, 0.15) is 0 Å². The van der Waals surface area contributed by atoms with Gasteiger partial charge in [-0.05, 0) is 34.7 Å². The van der Waals surface area contributed by atoms with Crippen molar-refractivity contribution in [1.82, 2.24) is 10.2 Å². The number of nitrogens with one attached hydrogen (secondary N) is 1. The lowest BCUT2D eigenvalue weighted by Gasteiger charge is -2.22. The minimum absolute atomic E-state index is 0.0362. The number of hydrogen-bond acceptors (Lipinski definition) is 2. The summed E-state index contributed by atoms with van der Waals surface area (Å²) in [6.07, 6.45) is 1.55. The Morgan fingerprint density at radius 1 is 0.852 bits per heavy atom. The lowest BCUT2D eigenvalue weighted by Crippen LogP contribution is -2.43. The molecule has 0 heterocycles. The Morgan fingerprint density at radius 3 is 2.41 bits per heavy atom. The van der Waals surface area contributed by atoms with Crippen molar-refractivity contribution in [2.24, 2.45) is 0 Å². The number of hydrogen-bond donors (Lipinski definition) is 2. The number of nitrogens with zero attached hydrogens (tertiary/aromatic N) is 1. The lowest BCUT2D eigenvalue weighted by molar-refractivity contribution is 0.178. The number of benzene rings is 3. The molecule has 3 aromatic rings. The first-order valence-electron chi connectivity index (χ1n) is 9.42. The highest BCUT2D eigenvalue weighted by molar-refractivity contribution is 5.85. The molecule has 0 saturated carbocycles. The van der Waals surface area contributed by atoms with Gasteiger partial charge >= 0.3 is 6.03 Å². The summed E-state index contributed by atoms with van der Waals surface area (Å²) in [7, 11) is 0. The fraction of sp³-hybridized carbons (Fsp3) is 0.261. The van der Waals surface area contributed by atoms with Gasteiger partial charge in [0.25, 0.3) is 0 Å². The van der Waals surface area contributed by atoms with Gasteiger partial charge in [0, 0.05) is 19.6 Å². The van der Waals surface area contributed by atoms with Gasteiger partial charge in [-0.15, -0.1) is 0 Å². The van der Waals surface area contributed by atoms with Gasteiger partial charge < -0.3 is 15.3 Å². The zero-order valence-corrected chi connectivity index (χ0v) is 15.5. The minimum Gasteiger partial charge on any atom is -0.395 e. The first-order valence-corrected chi connectivity index (χ1v) is 9.42. The number of amides is 2. The van der Waals surface area contributed by atoms with Crippen molar-refractivity contribution in [3.8, 4) is 0 Å². The summed E-state index contributed by atoms with van der Waals surface area (Å²) in [6, 6.07) is 24.5. The van der Waals surface area contributed by atoms with E-state index in [0.717, 1.165) is 12.8 Å². The molecule has 0 spiro atoms. The number of carbonyl (C=O) groups excluding carboxylic acids is 1. The van der Waals surface area contributed by atoms with Gasteiger partial charge in [-0.25, -0.2) is 4.79 Å². The molecule has 3 aromatic carbocycles. The van der Waals surface area contributed by atoms with Gasteiger partial charge in [-0.3, -0.25) is 0 Å². The molecule has 0 bridgehead atoms. The maximum atomic E-state index is 12.5. The van der Waals surface area contributed by atoms with E-state index in [0.29, 0.717) is 19.6 Å². The van der Waals surface area contributed by atoms with Crippen LogP contribution in [-0.4, -0.2) is 42.3 Å². The van der Waals surface area contributed by atoms with Gasteiger partial charge in [-0.2, -0.15) is 0 Å². The highest BCUT2D eigenvalue weighted by atomic mass is 16.3. The van der Waals surface area contributed by atoms with E-state index in [9.17, 15) is 9.90 Å². The smallest absolute Gasteiger partial charge is 0.317 e. The first kappa shape index (κ1) is 18.9. The molecule has 140 valence electrons. The molecule has 2 N–H and O–H groups in total. The number of carbonyl (C=O) groups is 1. The second-order valence-corrected chi connectivity index (χ2v) is 6.57. The van der Waals surface area contributed by atoms with Crippen LogP contribution in [0.5, 0.6) is 0 Å². The summed E-state index contributed by atoms with van der Waals surface area (Å²) in [5.74, 6) is 0. The van der Waals surface area contributed by atoms with E-state index in [4.69, 9.17) is 0 Å². The Hall–Kier alpha value is -2.85. The Balaban J connectivity index is 1.54. The lowest BCUT2D eigenvalue weighted by atomic mass is 10.0. The average molecular weight is 362 g/mol. The van der Waals surface area contributed by atoms with Crippen molar-refractivity contribution in [3.63, 3.8) is 0 Å².